The third-order valence-corrected chi connectivity index (χ3v) is 8.32. The minimum Gasteiger partial charge on any atom is -0.454 e. The summed E-state index contributed by atoms with van der Waals surface area (Å²) >= 11 is 0. The van der Waals surface area contributed by atoms with Crippen molar-refractivity contribution in [2.45, 2.75) is 0 Å². The van der Waals surface area contributed by atoms with Crippen LogP contribution in [0.1, 0.15) is 5.56 Å². The van der Waals surface area contributed by atoms with Crippen LogP contribution in [0.2, 0.25) is 0 Å². The maximum atomic E-state index is 9.63. The van der Waals surface area contributed by atoms with Gasteiger partial charge < -0.3 is 13.6 Å². The molecule has 0 aliphatic carbocycles. The molecule has 4 heteroatoms. The summed E-state index contributed by atoms with van der Waals surface area (Å²) in [6.07, 6.45) is 0. The summed E-state index contributed by atoms with van der Waals surface area (Å²) in [6.45, 7) is 0. The summed E-state index contributed by atoms with van der Waals surface area (Å²) in [5.74, 6) is 0. The second-order valence-electron chi connectivity index (χ2n) is 10.5. The van der Waals surface area contributed by atoms with E-state index in [2.05, 4.69) is 118 Å². The zero-order valence-electron chi connectivity index (χ0n) is 21.9. The van der Waals surface area contributed by atoms with Gasteiger partial charge in [0, 0.05) is 38.0 Å². The fraction of sp³-hybridized carbons (Fsp3) is 0. The monoisotopic (exact) mass is 523 g/mol. The first-order chi connectivity index (χ1) is 20.3. The molecule has 6 aromatic carbocycles. The van der Waals surface area contributed by atoms with E-state index in [4.69, 9.17) is 4.42 Å². The molecule has 0 aliphatic heterocycles. The van der Waals surface area contributed by atoms with E-state index in [1.54, 1.807) is 0 Å². The molecule has 3 aromatic heterocycles. The van der Waals surface area contributed by atoms with Crippen molar-refractivity contribution < 1.29 is 4.42 Å². The van der Waals surface area contributed by atoms with E-state index in [-0.39, 0.29) is 0 Å². The molecule has 0 saturated carbocycles. The maximum absolute atomic E-state index is 9.63. The first kappa shape index (κ1) is 22.1. The van der Waals surface area contributed by atoms with E-state index in [9.17, 15) is 5.26 Å². The number of hydrogen-bond donors (Lipinski definition) is 0. The number of para-hydroxylation sites is 4. The van der Waals surface area contributed by atoms with Gasteiger partial charge in [0.15, 0.2) is 5.58 Å². The Kier molecular flexibility index (Phi) is 4.37. The van der Waals surface area contributed by atoms with Crippen LogP contribution < -0.4 is 0 Å². The molecule has 0 N–H and O–H groups in total. The molecule has 4 nitrogen and oxygen atoms in total. The van der Waals surface area contributed by atoms with Gasteiger partial charge in [0.2, 0.25) is 0 Å². The molecule has 0 aliphatic rings. The smallest absolute Gasteiger partial charge is 0.159 e. The molecular formula is C37H21N3O. The molecule has 0 atom stereocenters. The Morgan fingerprint density at radius 1 is 0.488 bits per heavy atom. The van der Waals surface area contributed by atoms with Crippen molar-refractivity contribution in [2.75, 3.05) is 0 Å². The Labute approximate surface area is 234 Å². The molecule has 0 saturated heterocycles. The van der Waals surface area contributed by atoms with Crippen molar-refractivity contribution in [1.82, 2.24) is 9.13 Å². The normalized spacial score (nSPS) is 11.9. The van der Waals surface area contributed by atoms with Crippen LogP contribution in [-0.2, 0) is 0 Å². The number of nitrogens with zero attached hydrogens (tertiary/aromatic N) is 3. The van der Waals surface area contributed by atoms with Crippen LogP contribution in [0.25, 0.3) is 76.9 Å². The van der Waals surface area contributed by atoms with E-state index < -0.39 is 0 Å². The highest BCUT2D eigenvalue weighted by Gasteiger charge is 2.21. The molecule has 0 unspecified atom stereocenters. The summed E-state index contributed by atoms with van der Waals surface area (Å²) in [6, 6.07) is 46.5. The van der Waals surface area contributed by atoms with Gasteiger partial charge in [-0.15, -0.1) is 0 Å². The first-order valence-corrected chi connectivity index (χ1v) is 13.7. The van der Waals surface area contributed by atoms with Crippen LogP contribution in [0.4, 0.5) is 0 Å². The number of rotatable bonds is 2. The number of benzene rings is 6. The molecule has 0 radical (unpaired) electrons. The largest absolute Gasteiger partial charge is 0.454 e. The lowest BCUT2D eigenvalue weighted by molar-refractivity contribution is 0.666. The Hall–Kier alpha value is -5.79. The van der Waals surface area contributed by atoms with Crippen LogP contribution in [-0.4, -0.2) is 9.13 Å². The first-order valence-electron chi connectivity index (χ1n) is 13.7. The van der Waals surface area contributed by atoms with Gasteiger partial charge >= 0.3 is 0 Å². The lowest BCUT2D eigenvalue weighted by Gasteiger charge is -2.14. The van der Waals surface area contributed by atoms with Crippen molar-refractivity contribution >= 4 is 65.6 Å². The highest BCUT2D eigenvalue weighted by atomic mass is 16.3. The number of fused-ring (bicyclic) bond motifs is 9. The summed E-state index contributed by atoms with van der Waals surface area (Å²) < 4.78 is 11.3. The van der Waals surface area contributed by atoms with Crippen LogP contribution in [0.5, 0.6) is 0 Å². The van der Waals surface area contributed by atoms with Gasteiger partial charge in [-0.2, -0.15) is 5.26 Å². The SMILES string of the molecule is N#Cc1ccc2c(c1)c1ccccc1n2-c1cc(-n2c3ccccc3c3ccccc32)c2oc3ccccc3c2c1. The van der Waals surface area contributed by atoms with Gasteiger partial charge in [-0.05, 0) is 54.6 Å². The topological polar surface area (TPSA) is 46.8 Å². The number of nitriles is 1. The Morgan fingerprint density at radius 3 is 1.73 bits per heavy atom. The number of aromatic nitrogens is 2. The minimum atomic E-state index is 0.655. The fourth-order valence-electron chi connectivity index (χ4n) is 6.59. The van der Waals surface area contributed by atoms with Crippen molar-refractivity contribution in [3.05, 3.63) is 133 Å². The molecule has 0 amide bonds. The Morgan fingerprint density at radius 2 is 1.05 bits per heavy atom. The van der Waals surface area contributed by atoms with Crippen molar-refractivity contribution in [1.29, 1.82) is 5.26 Å². The Balaban J connectivity index is 1.48. The molecule has 9 aromatic rings. The maximum Gasteiger partial charge on any atom is 0.159 e. The van der Waals surface area contributed by atoms with Gasteiger partial charge in [-0.25, -0.2) is 0 Å². The second kappa shape index (κ2) is 8.11. The van der Waals surface area contributed by atoms with Gasteiger partial charge in [0.1, 0.15) is 5.58 Å². The molecule has 9 rings (SSSR count). The van der Waals surface area contributed by atoms with E-state index >= 15 is 0 Å². The third kappa shape index (κ3) is 2.98. The van der Waals surface area contributed by atoms with Gasteiger partial charge in [0.05, 0.1) is 39.4 Å². The van der Waals surface area contributed by atoms with Gasteiger partial charge in [0.25, 0.3) is 0 Å². The average molecular weight is 524 g/mol. The fourth-order valence-corrected chi connectivity index (χ4v) is 6.59. The zero-order chi connectivity index (χ0) is 27.1. The van der Waals surface area contributed by atoms with Crippen LogP contribution in [0.15, 0.2) is 132 Å². The average Bonchev–Trinajstić information content (AvgIpc) is 3.68. The summed E-state index contributed by atoms with van der Waals surface area (Å²) in [4.78, 5) is 0. The lowest BCUT2D eigenvalue weighted by atomic mass is 10.1. The molecule has 0 fully saturated rings. The van der Waals surface area contributed by atoms with E-state index in [1.807, 2.05) is 24.3 Å². The Bertz CT molecular complexity index is 2500. The van der Waals surface area contributed by atoms with E-state index in [0.717, 1.165) is 66.2 Å². The number of furan rings is 1. The van der Waals surface area contributed by atoms with Crippen molar-refractivity contribution in [3.8, 4) is 17.4 Å². The minimum absolute atomic E-state index is 0.655. The molecular weight excluding hydrogens is 502 g/mol. The van der Waals surface area contributed by atoms with Crippen molar-refractivity contribution in [3.63, 3.8) is 0 Å². The van der Waals surface area contributed by atoms with Gasteiger partial charge in [-0.3, -0.25) is 0 Å². The highest BCUT2D eigenvalue weighted by molar-refractivity contribution is 6.14. The molecule has 0 spiro atoms. The van der Waals surface area contributed by atoms with Crippen LogP contribution in [0, 0.1) is 11.3 Å². The summed E-state index contributed by atoms with van der Waals surface area (Å²) in [7, 11) is 0. The summed E-state index contributed by atoms with van der Waals surface area (Å²) in [5.41, 5.74) is 8.83. The zero-order valence-corrected chi connectivity index (χ0v) is 21.9. The standard InChI is InChI=1S/C37H21N3O/c38-22-23-17-18-34-29(19-23)27-11-3-5-13-31(27)39(34)24-20-30-28-12-4-8-16-36(28)41-37(30)35(21-24)40-32-14-6-1-9-25(32)26-10-2-7-15-33(26)40/h1-21H. The lowest BCUT2D eigenvalue weighted by Crippen LogP contribution is -1.99. The second-order valence-corrected chi connectivity index (χ2v) is 10.5. The van der Waals surface area contributed by atoms with Crippen LogP contribution >= 0.6 is 0 Å². The van der Waals surface area contributed by atoms with Gasteiger partial charge in [-0.1, -0.05) is 72.8 Å². The molecule has 190 valence electrons. The number of hydrogen-bond acceptors (Lipinski definition) is 2. The van der Waals surface area contributed by atoms with E-state index in [0.29, 0.717) is 5.56 Å². The molecule has 41 heavy (non-hydrogen) atoms. The third-order valence-electron chi connectivity index (χ3n) is 8.32. The molecule has 3 heterocycles. The predicted molar refractivity (Wildman–Crippen MR) is 167 cm³/mol. The van der Waals surface area contributed by atoms with E-state index in [1.165, 1.54) is 10.8 Å². The van der Waals surface area contributed by atoms with Crippen LogP contribution in [0.3, 0.4) is 0 Å². The summed E-state index contributed by atoms with van der Waals surface area (Å²) in [5, 5.41) is 16.4. The predicted octanol–water partition coefficient (Wildman–Crippen LogP) is 9.65. The molecule has 0 bridgehead atoms. The van der Waals surface area contributed by atoms with Crippen molar-refractivity contribution in [2.24, 2.45) is 0 Å². The highest BCUT2D eigenvalue weighted by Crippen LogP contribution is 2.41. The quantitative estimate of drug-likeness (QED) is 0.226.